The number of rotatable bonds is 4. The molecule has 1 unspecified atom stereocenters. The Bertz CT molecular complexity index is 271. The summed E-state index contributed by atoms with van der Waals surface area (Å²) in [4.78, 5) is 4.18. The number of nitrogens with zero attached hydrogens (tertiary/aromatic N) is 1. The van der Waals surface area contributed by atoms with Crippen LogP contribution in [0.4, 0.5) is 0 Å². The summed E-state index contributed by atoms with van der Waals surface area (Å²) >= 11 is 0. The molecule has 1 aromatic rings. The molecule has 1 atom stereocenters. The van der Waals surface area contributed by atoms with Crippen LogP contribution in [0.5, 0.6) is 0 Å². The summed E-state index contributed by atoms with van der Waals surface area (Å²) in [5.41, 5.74) is 0.777. The van der Waals surface area contributed by atoms with Gasteiger partial charge in [0.25, 0.3) is 0 Å². The minimum Gasteiger partial charge on any atom is -0.443 e. The van der Waals surface area contributed by atoms with Crippen molar-refractivity contribution in [2.24, 2.45) is 0 Å². The molecule has 4 nitrogen and oxygen atoms in total. The molecule has 0 saturated heterocycles. The first kappa shape index (κ1) is 10.2. The minimum atomic E-state index is -0.599. The summed E-state index contributed by atoms with van der Waals surface area (Å²) in [7, 11) is 1.79. The van der Waals surface area contributed by atoms with E-state index in [1.807, 2.05) is 13.8 Å². The lowest BCUT2D eigenvalue weighted by Crippen LogP contribution is -2.16. The molecule has 2 N–H and O–H groups in total. The molecule has 0 saturated carbocycles. The summed E-state index contributed by atoms with van der Waals surface area (Å²) in [6.45, 7) is 4.30. The van der Waals surface area contributed by atoms with Crippen LogP contribution in [-0.4, -0.2) is 23.7 Å². The van der Waals surface area contributed by atoms with E-state index >= 15 is 0 Å². The first-order valence-electron chi connectivity index (χ1n) is 4.47. The Hall–Kier alpha value is -0.870. The van der Waals surface area contributed by atoms with Gasteiger partial charge in [-0.3, -0.25) is 0 Å². The number of likely N-dealkylation sites (N-methyl/N-ethyl adjacent to an activating group) is 1. The van der Waals surface area contributed by atoms with Crippen LogP contribution in [0.2, 0.25) is 0 Å². The smallest absolute Gasteiger partial charge is 0.194 e. The van der Waals surface area contributed by atoms with Crippen molar-refractivity contribution in [1.82, 2.24) is 10.3 Å². The predicted octanol–water partition coefficient (Wildman–Crippen LogP) is 0.798. The van der Waals surface area contributed by atoms with Crippen molar-refractivity contribution in [2.45, 2.75) is 26.4 Å². The van der Waals surface area contributed by atoms with E-state index in [1.54, 1.807) is 7.05 Å². The van der Waals surface area contributed by atoms with Crippen molar-refractivity contribution in [2.75, 3.05) is 13.6 Å². The van der Waals surface area contributed by atoms with Gasteiger partial charge >= 0.3 is 0 Å². The maximum absolute atomic E-state index is 9.61. The van der Waals surface area contributed by atoms with Crippen molar-refractivity contribution in [3.8, 4) is 0 Å². The Balaban J connectivity index is 2.80. The number of aliphatic hydroxyl groups is 1. The second-order valence-corrected chi connectivity index (χ2v) is 2.98. The molecular formula is C9H16N2O2. The van der Waals surface area contributed by atoms with Gasteiger partial charge in [0.2, 0.25) is 0 Å². The molecule has 0 spiro atoms. The van der Waals surface area contributed by atoms with E-state index in [0.717, 1.165) is 12.1 Å². The van der Waals surface area contributed by atoms with Crippen molar-refractivity contribution in [3.05, 3.63) is 17.3 Å². The predicted molar refractivity (Wildman–Crippen MR) is 49.5 cm³/mol. The lowest BCUT2D eigenvalue weighted by Gasteiger charge is -2.06. The molecule has 0 aliphatic heterocycles. The fourth-order valence-electron chi connectivity index (χ4n) is 1.21. The van der Waals surface area contributed by atoms with Crippen LogP contribution in [0.15, 0.2) is 4.42 Å². The summed E-state index contributed by atoms with van der Waals surface area (Å²) in [6.07, 6.45) is 0.158. The fraction of sp³-hybridized carbons (Fsp3) is 0.667. The van der Waals surface area contributed by atoms with Gasteiger partial charge in [0, 0.05) is 13.0 Å². The van der Waals surface area contributed by atoms with E-state index in [4.69, 9.17) is 4.42 Å². The third kappa shape index (κ3) is 2.29. The summed E-state index contributed by atoms with van der Waals surface area (Å²) in [5, 5.41) is 12.5. The Morgan fingerprint density at radius 1 is 1.62 bits per heavy atom. The van der Waals surface area contributed by atoms with E-state index in [9.17, 15) is 5.11 Å². The van der Waals surface area contributed by atoms with E-state index in [0.29, 0.717) is 18.2 Å². The number of hydrogen-bond donors (Lipinski definition) is 2. The zero-order chi connectivity index (χ0) is 9.84. The van der Waals surface area contributed by atoms with Crippen LogP contribution in [0.25, 0.3) is 0 Å². The Morgan fingerprint density at radius 3 is 2.77 bits per heavy atom. The molecule has 0 bridgehead atoms. The number of aromatic nitrogens is 1. The largest absolute Gasteiger partial charge is 0.443 e. The standard InChI is InChI=1S/C9H16N2O2/c1-4-8-11-6(2)9(13-8)7(12)5-10-3/h7,10,12H,4-5H2,1-3H3. The van der Waals surface area contributed by atoms with E-state index in [-0.39, 0.29) is 0 Å². The van der Waals surface area contributed by atoms with Gasteiger partial charge in [-0.15, -0.1) is 0 Å². The molecule has 0 aromatic carbocycles. The average Bonchev–Trinajstić information content (AvgIpc) is 2.47. The Kier molecular flexibility index (Phi) is 3.45. The molecule has 0 aliphatic carbocycles. The van der Waals surface area contributed by atoms with Gasteiger partial charge in [-0.25, -0.2) is 4.98 Å². The van der Waals surface area contributed by atoms with Gasteiger partial charge in [-0.1, -0.05) is 6.92 Å². The zero-order valence-corrected chi connectivity index (χ0v) is 8.29. The molecule has 74 valence electrons. The van der Waals surface area contributed by atoms with Crippen molar-refractivity contribution >= 4 is 0 Å². The van der Waals surface area contributed by atoms with Crippen LogP contribution in [0, 0.1) is 6.92 Å². The molecule has 0 fully saturated rings. The quantitative estimate of drug-likeness (QED) is 0.726. The van der Waals surface area contributed by atoms with Gasteiger partial charge in [0.15, 0.2) is 11.7 Å². The highest BCUT2D eigenvalue weighted by molar-refractivity contribution is 5.11. The topological polar surface area (TPSA) is 58.3 Å². The number of hydrogen-bond acceptors (Lipinski definition) is 4. The summed E-state index contributed by atoms with van der Waals surface area (Å²) in [6, 6.07) is 0. The van der Waals surface area contributed by atoms with Crippen LogP contribution in [-0.2, 0) is 6.42 Å². The van der Waals surface area contributed by atoms with Crippen LogP contribution >= 0.6 is 0 Å². The van der Waals surface area contributed by atoms with Crippen LogP contribution < -0.4 is 5.32 Å². The number of nitrogens with one attached hydrogen (secondary N) is 1. The van der Waals surface area contributed by atoms with E-state index in [2.05, 4.69) is 10.3 Å². The minimum absolute atomic E-state index is 0.485. The second kappa shape index (κ2) is 4.39. The summed E-state index contributed by atoms with van der Waals surface area (Å²) < 4.78 is 5.38. The van der Waals surface area contributed by atoms with Crippen LogP contribution in [0.1, 0.15) is 30.4 Å². The van der Waals surface area contributed by atoms with Gasteiger partial charge in [-0.2, -0.15) is 0 Å². The maximum Gasteiger partial charge on any atom is 0.194 e. The first-order chi connectivity index (χ1) is 6.19. The van der Waals surface area contributed by atoms with E-state index < -0.39 is 6.10 Å². The van der Waals surface area contributed by atoms with Crippen molar-refractivity contribution < 1.29 is 9.52 Å². The van der Waals surface area contributed by atoms with Crippen LogP contribution in [0.3, 0.4) is 0 Å². The highest BCUT2D eigenvalue weighted by Gasteiger charge is 2.16. The van der Waals surface area contributed by atoms with Crippen molar-refractivity contribution in [3.63, 3.8) is 0 Å². The zero-order valence-electron chi connectivity index (χ0n) is 8.29. The lowest BCUT2D eigenvalue weighted by atomic mass is 10.2. The van der Waals surface area contributed by atoms with Crippen molar-refractivity contribution in [1.29, 1.82) is 0 Å². The number of aliphatic hydroxyl groups excluding tert-OH is 1. The number of aryl methyl sites for hydroxylation is 2. The molecule has 1 heterocycles. The second-order valence-electron chi connectivity index (χ2n) is 2.98. The normalized spacial score (nSPS) is 13.2. The third-order valence-corrected chi connectivity index (χ3v) is 1.88. The fourth-order valence-corrected chi connectivity index (χ4v) is 1.21. The SMILES string of the molecule is CCc1nc(C)c(C(O)CNC)o1. The van der Waals surface area contributed by atoms with Gasteiger partial charge in [-0.05, 0) is 14.0 Å². The average molecular weight is 184 g/mol. The maximum atomic E-state index is 9.61. The van der Waals surface area contributed by atoms with Gasteiger partial charge < -0.3 is 14.8 Å². The molecule has 1 rings (SSSR count). The molecule has 0 aliphatic rings. The van der Waals surface area contributed by atoms with E-state index in [1.165, 1.54) is 0 Å². The summed E-state index contributed by atoms with van der Waals surface area (Å²) in [5.74, 6) is 1.26. The molecular weight excluding hydrogens is 168 g/mol. The molecule has 13 heavy (non-hydrogen) atoms. The van der Waals surface area contributed by atoms with Gasteiger partial charge in [0.1, 0.15) is 6.10 Å². The van der Waals surface area contributed by atoms with Gasteiger partial charge in [0.05, 0.1) is 5.69 Å². The molecule has 1 aromatic heterocycles. The highest BCUT2D eigenvalue weighted by Crippen LogP contribution is 2.18. The third-order valence-electron chi connectivity index (χ3n) is 1.88. The highest BCUT2D eigenvalue weighted by atomic mass is 16.4. The monoisotopic (exact) mass is 184 g/mol. The molecule has 0 amide bonds. The number of oxazole rings is 1. The Labute approximate surface area is 78.0 Å². The molecule has 0 radical (unpaired) electrons. The lowest BCUT2D eigenvalue weighted by molar-refractivity contribution is 0.147. The first-order valence-corrected chi connectivity index (χ1v) is 4.47. The molecule has 4 heteroatoms. The Morgan fingerprint density at radius 2 is 2.31 bits per heavy atom.